The highest BCUT2D eigenvalue weighted by Gasteiger charge is 2.27. The van der Waals surface area contributed by atoms with Crippen LogP contribution in [0.5, 0.6) is 0 Å². The Morgan fingerprint density at radius 3 is 2.39 bits per heavy atom. The van der Waals surface area contributed by atoms with Gasteiger partial charge in [-0.15, -0.1) is 0 Å². The van der Waals surface area contributed by atoms with Crippen LogP contribution in [0.15, 0.2) is 12.4 Å². The number of hydrogen-bond donors (Lipinski definition) is 1. The number of nitrogens with zero attached hydrogens (tertiary/aromatic N) is 4. The van der Waals surface area contributed by atoms with Crippen LogP contribution in [0.25, 0.3) is 0 Å². The molecule has 1 N–H and O–H groups in total. The van der Waals surface area contributed by atoms with Crippen molar-refractivity contribution in [2.24, 2.45) is 0 Å². The van der Waals surface area contributed by atoms with Gasteiger partial charge in [-0.05, 0) is 27.9 Å². The Balaban J connectivity index is 2.07. The molecule has 0 amide bonds. The second-order valence-electron chi connectivity index (χ2n) is 5.16. The summed E-state index contributed by atoms with van der Waals surface area (Å²) in [4.78, 5) is 13.7. The first-order valence-electron chi connectivity index (χ1n) is 6.54. The molecule has 2 unspecified atom stereocenters. The molecule has 0 bridgehead atoms. The van der Waals surface area contributed by atoms with Crippen LogP contribution >= 0.6 is 0 Å². The Kier molecular flexibility index (Phi) is 4.14. The van der Waals surface area contributed by atoms with Gasteiger partial charge in [-0.1, -0.05) is 0 Å². The van der Waals surface area contributed by atoms with Crippen molar-refractivity contribution in [1.82, 2.24) is 20.2 Å². The third-order valence-corrected chi connectivity index (χ3v) is 3.73. The van der Waals surface area contributed by atoms with Crippen molar-refractivity contribution in [3.63, 3.8) is 0 Å². The Labute approximate surface area is 109 Å². The van der Waals surface area contributed by atoms with Gasteiger partial charge in [-0.3, -0.25) is 9.88 Å². The summed E-state index contributed by atoms with van der Waals surface area (Å²) in [5.41, 5.74) is 0.983. The zero-order valence-corrected chi connectivity index (χ0v) is 11.7. The highest BCUT2D eigenvalue weighted by molar-refractivity contribution is 5.37. The molecule has 18 heavy (non-hydrogen) atoms. The molecule has 0 spiro atoms. The van der Waals surface area contributed by atoms with E-state index in [1.165, 1.54) is 0 Å². The molecular formula is C13H23N5. The van der Waals surface area contributed by atoms with E-state index in [2.05, 4.69) is 46.0 Å². The summed E-state index contributed by atoms with van der Waals surface area (Å²) in [5, 5.41) is 3.08. The fourth-order valence-corrected chi connectivity index (χ4v) is 2.38. The predicted octanol–water partition coefficient (Wildman–Crippen LogP) is 0.725. The SMILES string of the molecule is CNCc1cnc(N2CC(C)N(C)C(C)C2)cn1. The van der Waals surface area contributed by atoms with Crippen molar-refractivity contribution in [1.29, 1.82) is 0 Å². The molecule has 1 aromatic rings. The number of aromatic nitrogens is 2. The van der Waals surface area contributed by atoms with Gasteiger partial charge in [0.2, 0.25) is 0 Å². The van der Waals surface area contributed by atoms with E-state index < -0.39 is 0 Å². The zero-order chi connectivity index (χ0) is 13.1. The van der Waals surface area contributed by atoms with Crippen molar-refractivity contribution < 1.29 is 0 Å². The van der Waals surface area contributed by atoms with Crippen LogP contribution in [0, 0.1) is 0 Å². The molecule has 1 aliphatic rings. The smallest absolute Gasteiger partial charge is 0.147 e. The minimum atomic E-state index is 0.549. The number of anilines is 1. The van der Waals surface area contributed by atoms with Gasteiger partial charge in [0.1, 0.15) is 5.82 Å². The normalized spacial score (nSPS) is 25.4. The van der Waals surface area contributed by atoms with E-state index in [1.807, 2.05) is 19.4 Å². The molecule has 1 aromatic heterocycles. The van der Waals surface area contributed by atoms with E-state index in [4.69, 9.17) is 0 Å². The van der Waals surface area contributed by atoms with E-state index in [0.717, 1.165) is 31.1 Å². The quantitative estimate of drug-likeness (QED) is 0.855. The first-order valence-corrected chi connectivity index (χ1v) is 6.54. The lowest BCUT2D eigenvalue weighted by Crippen LogP contribution is -2.55. The Bertz CT molecular complexity index is 365. The average Bonchev–Trinajstić information content (AvgIpc) is 2.37. The third kappa shape index (κ3) is 2.79. The first kappa shape index (κ1) is 13.2. The molecule has 1 fully saturated rings. The van der Waals surface area contributed by atoms with Gasteiger partial charge in [0.15, 0.2) is 0 Å². The Morgan fingerprint density at radius 1 is 1.22 bits per heavy atom. The number of nitrogens with one attached hydrogen (secondary N) is 1. The van der Waals surface area contributed by atoms with Gasteiger partial charge in [0.05, 0.1) is 18.1 Å². The monoisotopic (exact) mass is 249 g/mol. The van der Waals surface area contributed by atoms with Crippen LogP contribution in [0.4, 0.5) is 5.82 Å². The summed E-state index contributed by atoms with van der Waals surface area (Å²) in [6.07, 6.45) is 3.75. The van der Waals surface area contributed by atoms with Crippen molar-refractivity contribution in [3.8, 4) is 0 Å². The van der Waals surface area contributed by atoms with E-state index in [1.54, 1.807) is 0 Å². The van der Waals surface area contributed by atoms with Crippen molar-refractivity contribution >= 4 is 5.82 Å². The summed E-state index contributed by atoms with van der Waals surface area (Å²) < 4.78 is 0. The number of likely N-dealkylation sites (N-methyl/N-ethyl adjacent to an activating group) is 1. The fraction of sp³-hybridized carbons (Fsp3) is 0.692. The van der Waals surface area contributed by atoms with Gasteiger partial charge >= 0.3 is 0 Å². The van der Waals surface area contributed by atoms with E-state index in [9.17, 15) is 0 Å². The van der Waals surface area contributed by atoms with Crippen LogP contribution in [0.1, 0.15) is 19.5 Å². The van der Waals surface area contributed by atoms with Crippen LogP contribution in [-0.2, 0) is 6.54 Å². The summed E-state index contributed by atoms with van der Waals surface area (Å²) >= 11 is 0. The summed E-state index contributed by atoms with van der Waals surface area (Å²) in [6.45, 7) is 7.31. The molecule has 5 nitrogen and oxygen atoms in total. The maximum Gasteiger partial charge on any atom is 0.147 e. The second kappa shape index (κ2) is 5.63. The molecular weight excluding hydrogens is 226 g/mol. The Hall–Kier alpha value is -1.20. The minimum absolute atomic E-state index is 0.549. The van der Waals surface area contributed by atoms with Crippen molar-refractivity contribution in [2.75, 3.05) is 32.1 Å². The van der Waals surface area contributed by atoms with Gasteiger partial charge in [-0.25, -0.2) is 4.98 Å². The first-order chi connectivity index (χ1) is 8.61. The molecule has 2 rings (SSSR count). The van der Waals surface area contributed by atoms with Gasteiger partial charge in [0, 0.05) is 31.7 Å². The van der Waals surface area contributed by atoms with Crippen LogP contribution < -0.4 is 10.2 Å². The average molecular weight is 249 g/mol. The number of hydrogen-bond acceptors (Lipinski definition) is 5. The lowest BCUT2D eigenvalue weighted by atomic mass is 10.1. The van der Waals surface area contributed by atoms with Crippen LogP contribution in [0.3, 0.4) is 0 Å². The lowest BCUT2D eigenvalue weighted by molar-refractivity contribution is 0.169. The van der Waals surface area contributed by atoms with Crippen LogP contribution in [-0.4, -0.2) is 54.1 Å². The zero-order valence-electron chi connectivity index (χ0n) is 11.7. The van der Waals surface area contributed by atoms with E-state index in [0.29, 0.717) is 12.1 Å². The molecule has 0 saturated carbocycles. The molecule has 1 saturated heterocycles. The predicted molar refractivity (Wildman–Crippen MR) is 73.7 cm³/mol. The van der Waals surface area contributed by atoms with Gasteiger partial charge in [-0.2, -0.15) is 0 Å². The van der Waals surface area contributed by atoms with Crippen molar-refractivity contribution in [2.45, 2.75) is 32.5 Å². The maximum atomic E-state index is 4.52. The lowest BCUT2D eigenvalue weighted by Gasteiger charge is -2.42. The standard InChI is InChI=1S/C13H23N5/c1-10-8-18(9-11(2)17(10)4)13-7-15-12(5-14-3)6-16-13/h6-7,10-11,14H,5,8-9H2,1-4H3. The Morgan fingerprint density at radius 2 is 1.89 bits per heavy atom. The maximum absolute atomic E-state index is 4.52. The topological polar surface area (TPSA) is 44.3 Å². The molecule has 1 aliphatic heterocycles. The van der Waals surface area contributed by atoms with Gasteiger partial charge in [0.25, 0.3) is 0 Å². The third-order valence-electron chi connectivity index (χ3n) is 3.73. The highest BCUT2D eigenvalue weighted by atomic mass is 15.3. The molecule has 5 heteroatoms. The summed E-state index contributed by atoms with van der Waals surface area (Å²) in [7, 11) is 4.10. The summed E-state index contributed by atoms with van der Waals surface area (Å²) in [6, 6.07) is 1.10. The fourth-order valence-electron chi connectivity index (χ4n) is 2.38. The highest BCUT2D eigenvalue weighted by Crippen LogP contribution is 2.18. The molecule has 0 aliphatic carbocycles. The number of piperazine rings is 1. The summed E-state index contributed by atoms with van der Waals surface area (Å²) in [5.74, 6) is 0.988. The molecule has 0 radical (unpaired) electrons. The van der Waals surface area contributed by atoms with Crippen molar-refractivity contribution in [3.05, 3.63) is 18.1 Å². The second-order valence-corrected chi connectivity index (χ2v) is 5.16. The van der Waals surface area contributed by atoms with Gasteiger partial charge < -0.3 is 10.2 Å². The van der Waals surface area contributed by atoms with Crippen LogP contribution in [0.2, 0.25) is 0 Å². The molecule has 2 atom stereocenters. The van der Waals surface area contributed by atoms with E-state index in [-0.39, 0.29) is 0 Å². The number of rotatable bonds is 3. The molecule has 2 heterocycles. The van der Waals surface area contributed by atoms with E-state index >= 15 is 0 Å². The largest absolute Gasteiger partial charge is 0.352 e. The molecule has 0 aromatic carbocycles. The molecule has 100 valence electrons. The minimum Gasteiger partial charge on any atom is -0.352 e.